The molecule has 0 unspecified atom stereocenters. The van der Waals surface area contributed by atoms with Crippen LogP contribution in [0.4, 0.5) is 0 Å². The summed E-state index contributed by atoms with van der Waals surface area (Å²) in [6.45, 7) is 5.99. The molecular weight excluding hydrogens is 220 g/mol. The van der Waals surface area contributed by atoms with Gasteiger partial charge in [-0.15, -0.1) is 5.10 Å². The van der Waals surface area contributed by atoms with Gasteiger partial charge in [0.15, 0.2) is 0 Å². The van der Waals surface area contributed by atoms with Crippen LogP contribution in [0.3, 0.4) is 0 Å². The lowest BCUT2D eigenvalue weighted by atomic mass is 10.1. The van der Waals surface area contributed by atoms with Gasteiger partial charge in [0.05, 0.1) is 7.11 Å². The van der Waals surface area contributed by atoms with Gasteiger partial charge in [-0.05, 0) is 37.9 Å². The molecule has 0 atom stereocenters. The molecule has 1 aromatic rings. The molecule has 1 N–H and O–H groups in total. The molecule has 0 amide bonds. The summed E-state index contributed by atoms with van der Waals surface area (Å²) in [5.74, 6) is 0.308. The predicted octanol–water partition coefficient (Wildman–Crippen LogP) is 2.25. The van der Waals surface area contributed by atoms with Gasteiger partial charge in [-0.25, -0.2) is 0 Å². The first-order valence-electron chi connectivity index (χ1n) is 5.30. The van der Waals surface area contributed by atoms with Crippen molar-refractivity contribution in [3.05, 3.63) is 35.9 Å². The molecule has 0 fully saturated rings. The Bertz CT molecular complexity index is 358. The minimum Gasteiger partial charge on any atom is -0.301 e. The van der Waals surface area contributed by atoms with Crippen LogP contribution < -0.4 is 5.43 Å². The third-order valence-electron chi connectivity index (χ3n) is 1.69. The molecule has 5 nitrogen and oxygen atoms in total. The van der Waals surface area contributed by atoms with Crippen molar-refractivity contribution in [2.24, 2.45) is 5.10 Å². The quantitative estimate of drug-likeness (QED) is 0.378. The van der Waals surface area contributed by atoms with Crippen LogP contribution in [0.2, 0.25) is 0 Å². The van der Waals surface area contributed by atoms with Crippen molar-refractivity contribution in [3.63, 3.8) is 0 Å². The monoisotopic (exact) mass is 238 g/mol. The van der Waals surface area contributed by atoms with E-state index in [4.69, 9.17) is 4.89 Å². The average molecular weight is 238 g/mol. The molecule has 0 aliphatic heterocycles. The molecule has 0 aliphatic carbocycles. The topological polar surface area (TPSA) is 52.1 Å². The Labute approximate surface area is 101 Å². The maximum atomic E-state index is 4.94. The summed E-state index contributed by atoms with van der Waals surface area (Å²) in [7, 11) is 1.36. The molecule has 94 valence electrons. The van der Waals surface area contributed by atoms with E-state index in [1.54, 1.807) is 0 Å². The molecular formula is C12H18N2O3. The zero-order valence-corrected chi connectivity index (χ0v) is 10.6. The molecule has 0 aliphatic rings. The van der Waals surface area contributed by atoms with Crippen LogP contribution in [0, 0.1) is 0 Å². The van der Waals surface area contributed by atoms with Crippen molar-refractivity contribution in [2.45, 2.75) is 26.3 Å². The molecule has 0 bridgehead atoms. The Balaban J connectivity index is 2.81. The average Bonchev–Trinajstić information content (AvgIpc) is 2.29. The number of hydrogen-bond acceptors (Lipinski definition) is 5. The molecule has 0 radical (unpaired) electrons. The molecule has 1 aromatic carbocycles. The fraction of sp³-hybridized carbons (Fsp3) is 0.417. The summed E-state index contributed by atoms with van der Waals surface area (Å²) >= 11 is 0. The van der Waals surface area contributed by atoms with Gasteiger partial charge < -0.3 is 5.43 Å². The summed E-state index contributed by atoms with van der Waals surface area (Å²) in [6, 6.07) is 9.41. The molecule has 0 aromatic heterocycles. The molecule has 5 heteroatoms. The Kier molecular flexibility index (Phi) is 4.93. The second kappa shape index (κ2) is 6.22. The zero-order chi connectivity index (χ0) is 12.7. The van der Waals surface area contributed by atoms with Crippen LogP contribution in [-0.2, 0) is 14.8 Å². The normalized spacial score (nSPS) is 12.4. The second-order valence-electron chi connectivity index (χ2n) is 4.46. The fourth-order valence-electron chi connectivity index (χ4n) is 0.997. The molecule has 1 rings (SSSR count). The third-order valence-corrected chi connectivity index (χ3v) is 1.69. The molecule has 0 saturated heterocycles. The second-order valence-corrected chi connectivity index (χ2v) is 4.46. The highest BCUT2D eigenvalue weighted by atomic mass is 17.5. The van der Waals surface area contributed by atoms with E-state index in [0.29, 0.717) is 5.90 Å². The summed E-state index contributed by atoms with van der Waals surface area (Å²) in [5, 5.41) is 8.59. The van der Waals surface area contributed by atoms with Crippen LogP contribution in [0.1, 0.15) is 26.3 Å². The SMILES string of the molecule is COOO/C(=N\NC(C)(C)C)c1ccccc1. The summed E-state index contributed by atoms with van der Waals surface area (Å²) < 4.78 is 0. The van der Waals surface area contributed by atoms with Crippen LogP contribution in [0.15, 0.2) is 35.4 Å². The van der Waals surface area contributed by atoms with Crippen molar-refractivity contribution in [1.82, 2.24) is 5.43 Å². The Morgan fingerprint density at radius 1 is 1.18 bits per heavy atom. The lowest BCUT2D eigenvalue weighted by molar-refractivity contribution is -0.463. The number of hydrazone groups is 1. The van der Waals surface area contributed by atoms with Gasteiger partial charge in [0.1, 0.15) is 0 Å². The predicted molar refractivity (Wildman–Crippen MR) is 65.0 cm³/mol. The van der Waals surface area contributed by atoms with E-state index in [1.807, 2.05) is 51.1 Å². The van der Waals surface area contributed by atoms with E-state index >= 15 is 0 Å². The Morgan fingerprint density at radius 3 is 2.35 bits per heavy atom. The van der Waals surface area contributed by atoms with Crippen LogP contribution in [-0.4, -0.2) is 18.5 Å². The molecule has 0 spiro atoms. The summed E-state index contributed by atoms with van der Waals surface area (Å²) in [6.07, 6.45) is 0. The zero-order valence-electron chi connectivity index (χ0n) is 10.6. The van der Waals surface area contributed by atoms with Gasteiger partial charge in [-0.1, -0.05) is 18.2 Å². The van der Waals surface area contributed by atoms with Gasteiger partial charge in [0.2, 0.25) is 0 Å². The smallest absolute Gasteiger partial charge is 0.283 e. The number of nitrogens with zero attached hydrogens (tertiary/aromatic N) is 1. The van der Waals surface area contributed by atoms with Gasteiger partial charge in [0, 0.05) is 11.1 Å². The number of rotatable bonds is 4. The molecule has 0 saturated carbocycles. The molecule has 0 heterocycles. The highest BCUT2D eigenvalue weighted by Crippen LogP contribution is 2.05. The minimum absolute atomic E-state index is 0.156. The van der Waals surface area contributed by atoms with Crippen LogP contribution in [0.5, 0.6) is 0 Å². The Morgan fingerprint density at radius 2 is 1.82 bits per heavy atom. The van der Waals surface area contributed by atoms with E-state index in [2.05, 4.69) is 20.5 Å². The first-order valence-corrected chi connectivity index (χ1v) is 5.30. The maximum Gasteiger partial charge on any atom is 0.283 e. The summed E-state index contributed by atoms with van der Waals surface area (Å²) in [4.78, 5) is 9.33. The standard InChI is InChI=1S/C12H18N2O3/c1-12(2,3)14-13-11(16-17-15-4)10-8-6-5-7-9-10/h5-9,14H,1-4H3/b13-11-. The lowest BCUT2D eigenvalue weighted by Gasteiger charge is -2.18. The van der Waals surface area contributed by atoms with E-state index < -0.39 is 0 Å². The van der Waals surface area contributed by atoms with Crippen molar-refractivity contribution in [2.75, 3.05) is 7.11 Å². The van der Waals surface area contributed by atoms with Crippen molar-refractivity contribution >= 4 is 5.90 Å². The largest absolute Gasteiger partial charge is 0.301 e. The highest BCUT2D eigenvalue weighted by molar-refractivity contribution is 5.93. The van der Waals surface area contributed by atoms with E-state index in [1.165, 1.54) is 7.11 Å². The van der Waals surface area contributed by atoms with Crippen LogP contribution in [0.25, 0.3) is 0 Å². The van der Waals surface area contributed by atoms with Crippen molar-refractivity contribution in [3.8, 4) is 0 Å². The fourth-order valence-corrected chi connectivity index (χ4v) is 0.997. The van der Waals surface area contributed by atoms with Gasteiger partial charge >= 0.3 is 0 Å². The highest BCUT2D eigenvalue weighted by Gasteiger charge is 2.11. The van der Waals surface area contributed by atoms with Crippen LogP contribution >= 0.6 is 0 Å². The first-order chi connectivity index (χ1) is 8.03. The lowest BCUT2D eigenvalue weighted by Crippen LogP contribution is -2.32. The Hall–Kier alpha value is -1.59. The number of hydrogen-bond donors (Lipinski definition) is 1. The number of nitrogens with one attached hydrogen (secondary N) is 1. The first kappa shape index (κ1) is 13.5. The third kappa shape index (κ3) is 5.33. The van der Waals surface area contributed by atoms with Crippen molar-refractivity contribution < 1.29 is 14.8 Å². The van der Waals surface area contributed by atoms with E-state index in [-0.39, 0.29) is 5.54 Å². The minimum atomic E-state index is -0.156. The van der Waals surface area contributed by atoms with Gasteiger partial charge in [0.25, 0.3) is 5.90 Å². The van der Waals surface area contributed by atoms with Gasteiger partial charge in [-0.2, -0.15) is 4.89 Å². The molecule has 17 heavy (non-hydrogen) atoms. The van der Waals surface area contributed by atoms with Crippen molar-refractivity contribution in [1.29, 1.82) is 0 Å². The van der Waals surface area contributed by atoms with Gasteiger partial charge in [-0.3, -0.25) is 4.89 Å². The van der Waals surface area contributed by atoms with E-state index in [0.717, 1.165) is 5.56 Å². The summed E-state index contributed by atoms with van der Waals surface area (Å²) in [5.41, 5.74) is 3.59. The van der Waals surface area contributed by atoms with E-state index in [9.17, 15) is 0 Å². The number of benzene rings is 1. The maximum absolute atomic E-state index is 4.94.